The molecule has 0 aliphatic heterocycles. The summed E-state index contributed by atoms with van der Waals surface area (Å²) in [7, 11) is 1.77. The van der Waals surface area contributed by atoms with Gasteiger partial charge >= 0.3 is 0 Å². The number of benzene rings is 1. The van der Waals surface area contributed by atoms with Crippen LogP contribution in [0.3, 0.4) is 0 Å². The summed E-state index contributed by atoms with van der Waals surface area (Å²) in [6.07, 6.45) is 3.47. The van der Waals surface area contributed by atoms with Gasteiger partial charge in [-0.1, -0.05) is 30.5 Å². The van der Waals surface area contributed by atoms with Crippen molar-refractivity contribution in [2.45, 2.75) is 18.7 Å². The zero-order valence-electron chi connectivity index (χ0n) is 14.9. The Kier molecular flexibility index (Phi) is 5.18. The predicted molar refractivity (Wildman–Crippen MR) is 103 cm³/mol. The lowest BCUT2D eigenvalue weighted by Gasteiger charge is -2.11. The van der Waals surface area contributed by atoms with E-state index < -0.39 is 0 Å². The van der Waals surface area contributed by atoms with E-state index >= 15 is 0 Å². The van der Waals surface area contributed by atoms with Gasteiger partial charge in [-0.25, -0.2) is 9.97 Å². The van der Waals surface area contributed by atoms with Gasteiger partial charge in [-0.05, 0) is 37.6 Å². The first-order valence-corrected chi connectivity index (χ1v) is 8.82. The van der Waals surface area contributed by atoms with Crippen molar-refractivity contribution >= 4 is 17.7 Å². The fourth-order valence-electron chi connectivity index (χ4n) is 2.37. The second-order valence-electron chi connectivity index (χ2n) is 5.82. The van der Waals surface area contributed by atoms with E-state index in [9.17, 15) is 4.79 Å². The van der Waals surface area contributed by atoms with Gasteiger partial charge in [0.05, 0.1) is 10.7 Å². The summed E-state index contributed by atoms with van der Waals surface area (Å²) in [6, 6.07) is 9.64. The summed E-state index contributed by atoms with van der Waals surface area (Å²) < 4.78 is 1.59. The highest BCUT2D eigenvalue weighted by Crippen LogP contribution is 2.31. The number of nitrogens with zero attached hydrogens (tertiary/aromatic N) is 4. The van der Waals surface area contributed by atoms with Crippen LogP contribution in [-0.2, 0) is 7.05 Å². The molecule has 0 saturated carbocycles. The number of hydrogen-bond acceptors (Lipinski definition) is 5. The molecular weight excluding hydrogens is 346 g/mol. The molecule has 1 amide bonds. The van der Waals surface area contributed by atoms with Gasteiger partial charge < -0.3 is 5.32 Å². The highest BCUT2D eigenvalue weighted by Gasteiger charge is 2.12. The molecule has 2 heterocycles. The fourth-order valence-corrected chi connectivity index (χ4v) is 3.20. The van der Waals surface area contributed by atoms with Crippen molar-refractivity contribution in [1.29, 1.82) is 0 Å². The van der Waals surface area contributed by atoms with Crippen LogP contribution in [0.1, 0.15) is 21.9 Å². The Morgan fingerprint density at radius 1 is 1.23 bits per heavy atom. The highest BCUT2D eigenvalue weighted by atomic mass is 32.2. The van der Waals surface area contributed by atoms with Crippen molar-refractivity contribution in [3.8, 4) is 11.3 Å². The number of nitrogens with one attached hydrogen (secondary N) is 1. The molecule has 0 unspecified atom stereocenters. The lowest BCUT2D eigenvalue weighted by Crippen LogP contribution is -2.21. The molecule has 0 spiro atoms. The van der Waals surface area contributed by atoms with E-state index in [4.69, 9.17) is 0 Å². The molecule has 1 aromatic carbocycles. The van der Waals surface area contributed by atoms with Crippen molar-refractivity contribution in [2.24, 2.45) is 7.05 Å². The summed E-state index contributed by atoms with van der Waals surface area (Å²) >= 11 is 1.41. The number of aromatic nitrogens is 4. The Balaban J connectivity index is 1.75. The molecule has 0 aliphatic carbocycles. The molecule has 6 nitrogen and oxygen atoms in total. The Morgan fingerprint density at radius 2 is 2.04 bits per heavy atom. The number of hydrogen-bond donors (Lipinski definition) is 1. The zero-order chi connectivity index (χ0) is 18.7. The third kappa shape index (κ3) is 4.18. The van der Waals surface area contributed by atoms with E-state index in [0.29, 0.717) is 10.7 Å². The van der Waals surface area contributed by atoms with Crippen molar-refractivity contribution in [3.63, 3.8) is 0 Å². The molecule has 0 bridgehead atoms. The van der Waals surface area contributed by atoms with Crippen LogP contribution in [0.5, 0.6) is 0 Å². The summed E-state index contributed by atoms with van der Waals surface area (Å²) in [6.45, 7) is 7.83. The Labute approximate surface area is 156 Å². The Morgan fingerprint density at radius 3 is 2.73 bits per heavy atom. The predicted octanol–water partition coefficient (Wildman–Crippen LogP) is 3.49. The minimum absolute atomic E-state index is 0.275. The second-order valence-corrected chi connectivity index (χ2v) is 6.96. The SMILES string of the molecule is C=C(NC(=O)c1ccn(C)n1)Sc1cc(-c2ccnc(C)n2)ccc1C. The van der Waals surface area contributed by atoms with Crippen LogP contribution in [0.4, 0.5) is 0 Å². The minimum atomic E-state index is -0.275. The molecular formula is C19H19N5OS. The summed E-state index contributed by atoms with van der Waals surface area (Å²) in [5.41, 5.74) is 3.31. The first-order valence-electron chi connectivity index (χ1n) is 8.01. The topological polar surface area (TPSA) is 72.7 Å². The zero-order valence-corrected chi connectivity index (χ0v) is 15.7. The lowest BCUT2D eigenvalue weighted by atomic mass is 10.1. The van der Waals surface area contributed by atoms with Gasteiger partial charge in [0.25, 0.3) is 5.91 Å². The fraction of sp³-hybridized carbons (Fsp3) is 0.158. The molecule has 0 atom stereocenters. The maximum Gasteiger partial charge on any atom is 0.276 e. The molecule has 2 aromatic heterocycles. The van der Waals surface area contributed by atoms with Crippen LogP contribution in [0.25, 0.3) is 11.3 Å². The number of thioether (sulfide) groups is 1. The highest BCUT2D eigenvalue weighted by molar-refractivity contribution is 8.03. The van der Waals surface area contributed by atoms with Crippen LogP contribution in [0, 0.1) is 13.8 Å². The standard InChI is InChI=1S/C19H19N5OS/c1-12-5-6-15(16-7-9-20-13(2)21-16)11-18(12)26-14(3)22-19(25)17-8-10-24(4)23-17/h5-11H,3H2,1-2,4H3,(H,22,25). The summed E-state index contributed by atoms with van der Waals surface area (Å²) in [4.78, 5) is 21.8. The molecule has 3 aromatic rings. The van der Waals surface area contributed by atoms with Crippen molar-refractivity contribution in [3.05, 3.63) is 71.4 Å². The van der Waals surface area contributed by atoms with Gasteiger partial charge in [0.15, 0.2) is 5.69 Å². The molecule has 0 fully saturated rings. The summed E-state index contributed by atoms with van der Waals surface area (Å²) in [5, 5.41) is 7.41. The van der Waals surface area contributed by atoms with Gasteiger partial charge in [-0.3, -0.25) is 9.48 Å². The molecule has 0 saturated heterocycles. The van der Waals surface area contributed by atoms with Crippen LogP contribution in [0.15, 0.2) is 59.2 Å². The average Bonchev–Trinajstić information content (AvgIpc) is 3.03. The third-order valence-corrected chi connectivity index (χ3v) is 4.70. The number of carbonyl (C=O) groups is 1. The van der Waals surface area contributed by atoms with Crippen LogP contribution >= 0.6 is 11.8 Å². The van der Waals surface area contributed by atoms with Crippen molar-refractivity contribution < 1.29 is 4.79 Å². The molecule has 3 rings (SSSR count). The number of rotatable bonds is 5. The van der Waals surface area contributed by atoms with Gasteiger partial charge in [0.2, 0.25) is 0 Å². The van der Waals surface area contributed by atoms with Gasteiger partial charge in [-0.15, -0.1) is 0 Å². The van der Waals surface area contributed by atoms with Gasteiger partial charge in [0.1, 0.15) is 5.82 Å². The van der Waals surface area contributed by atoms with E-state index in [1.165, 1.54) is 11.8 Å². The van der Waals surface area contributed by atoms with Gasteiger partial charge in [0, 0.05) is 29.9 Å². The largest absolute Gasteiger partial charge is 0.315 e. The van der Waals surface area contributed by atoms with E-state index in [-0.39, 0.29) is 5.91 Å². The monoisotopic (exact) mass is 365 g/mol. The van der Waals surface area contributed by atoms with E-state index in [0.717, 1.165) is 27.5 Å². The first kappa shape index (κ1) is 17.9. The maximum absolute atomic E-state index is 12.2. The van der Waals surface area contributed by atoms with Crippen molar-refractivity contribution in [2.75, 3.05) is 0 Å². The van der Waals surface area contributed by atoms with Crippen LogP contribution in [-0.4, -0.2) is 25.7 Å². The van der Waals surface area contributed by atoms with Crippen molar-refractivity contribution in [1.82, 2.24) is 25.1 Å². The molecule has 0 radical (unpaired) electrons. The van der Waals surface area contributed by atoms with E-state index in [1.54, 1.807) is 30.2 Å². The summed E-state index contributed by atoms with van der Waals surface area (Å²) in [5.74, 6) is 0.452. The molecule has 7 heteroatoms. The lowest BCUT2D eigenvalue weighted by molar-refractivity contribution is 0.0963. The van der Waals surface area contributed by atoms with Gasteiger partial charge in [-0.2, -0.15) is 5.10 Å². The molecule has 132 valence electrons. The second kappa shape index (κ2) is 7.53. The minimum Gasteiger partial charge on any atom is -0.315 e. The Bertz CT molecular complexity index is 980. The van der Waals surface area contributed by atoms with Crippen LogP contribution in [0.2, 0.25) is 0 Å². The molecule has 26 heavy (non-hydrogen) atoms. The normalized spacial score (nSPS) is 10.6. The van der Waals surface area contributed by atoms with E-state index in [2.05, 4.69) is 27.0 Å². The Hall–Kier alpha value is -2.93. The first-order chi connectivity index (χ1) is 12.4. The molecule has 0 aliphatic rings. The van der Waals surface area contributed by atoms with Crippen LogP contribution < -0.4 is 5.32 Å². The smallest absolute Gasteiger partial charge is 0.276 e. The average molecular weight is 365 g/mol. The maximum atomic E-state index is 12.2. The molecule has 1 N–H and O–H groups in total. The number of carbonyl (C=O) groups excluding carboxylic acids is 1. The number of aryl methyl sites for hydroxylation is 3. The van der Waals surface area contributed by atoms with E-state index in [1.807, 2.05) is 38.1 Å². The number of amides is 1. The third-order valence-electron chi connectivity index (χ3n) is 3.69. The quantitative estimate of drug-likeness (QED) is 0.701.